The molecule has 4 heteroatoms. The van der Waals surface area contributed by atoms with Crippen molar-refractivity contribution in [2.75, 3.05) is 32.8 Å². The van der Waals surface area contributed by atoms with Crippen LogP contribution in [0.15, 0.2) is 18.2 Å². The molecule has 0 amide bonds. The Balaban J connectivity index is 1.69. The van der Waals surface area contributed by atoms with Crippen molar-refractivity contribution in [2.45, 2.75) is 39.2 Å². The molecule has 0 bridgehead atoms. The average Bonchev–Trinajstić information content (AvgIpc) is 2.99. The lowest BCUT2D eigenvalue weighted by Crippen LogP contribution is -2.22. The van der Waals surface area contributed by atoms with Gasteiger partial charge in [0.15, 0.2) is 11.6 Å². The molecule has 1 N–H and O–H groups in total. The molecule has 1 aliphatic rings. The minimum Gasteiger partial charge on any atom is -0.490 e. The highest BCUT2D eigenvalue weighted by Gasteiger charge is 2.11. The minimum absolute atomic E-state index is 0.257. The number of ether oxygens (including phenoxy) is 1. The van der Waals surface area contributed by atoms with Gasteiger partial charge in [0.2, 0.25) is 0 Å². The average molecular weight is 294 g/mol. The van der Waals surface area contributed by atoms with Crippen molar-refractivity contribution >= 4 is 0 Å². The minimum atomic E-state index is -0.257. The van der Waals surface area contributed by atoms with Crippen molar-refractivity contribution in [2.24, 2.45) is 0 Å². The van der Waals surface area contributed by atoms with E-state index >= 15 is 0 Å². The van der Waals surface area contributed by atoms with Crippen LogP contribution in [0.3, 0.4) is 0 Å². The molecule has 0 unspecified atom stereocenters. The Morgan fingerprint density at radius 1 is 1.29 bits per heavy atom. The van der Waals surface area contributed by atoms with E-state index in [0.29, 0.717) is 18.9 Å². The summed E-state index contributed by atoms with van der Waals surface area (Å²) in [5.74, 6) is 0.114. The molecule has 0 spiro atoms. The fourth-order valence-electron chi connectivity index (χ4n) is 2.66. The van der Waals surface area contributed by atoms with E-state index in [1.807, 2.05) is 6.07 Å². The molecule has 1 aromatic rings. The van der Waals surface area contributed by atoms with Crippen LogP contribution in [0.25, 0.3) is 0 Å². The van der Waals surface area contributed by atoms with Gasteiger partial charge in [0, 0.05) is 13.1 Å². The standard InChI is InChI=1S/C17H27FN2O/c1-2-8-19-14-15-6-7-17(16(18)13-15)21-12-5-11-20-9-3-4-10-20/h6-7,13,19H,2-5,8-12,14H2,1H3. The molecule has 1 aliphatic heterocycles. The first kappa shape index (κ1) is 16.2. The van der Waals surface area contributed by atoms with Crippen molar-refractivity contribution in [1.82, 2.24) is 10.2 Å². The number of benzene rings is 1. The van der Waals surface area contributed by atoms with E-state index in [4.69, 9.17) is 4.74 Å². The van der Waals surface area contributed by atoms with Crippen LogP contribution in [-0.2, 0) is 6.54 Å². The van der Waals surface area contributed by atoms with Gasteiger partial charge in [-0.25, -0.2) is 4.39 Å². The third-order valence-electron chi connectivity index (χ3n) is 3.83. The Morgan fingerprint density at radius 2 is 2.10 bits per heavy atom. The quantitative estimate of drug-likeness (QED) is 0.708. The maximum absolute atomic E-state index is 13.9. The van der Waals surface area contributed by atoms with Gasteiger partial charge in [-0.05, 0) is 63.0 Å². The molecule has 3 nitrogen and oxygen atoms in total. The summed E-state index contributed by atoms with van der Waals surface area (Å²) in [6.07, 6.45) is 4.66. The molecular weight excluding hydrogens is 267 g/mol. The van der Waals surface area contributed by atoms with E-state index in [2.05, 4.69) is 17.1 Å². The summed E-state index contributed by atoms with van der Waals surface area (Å²) in [7, 11) is 0. The number of hydrogen-bond acceptors (Lipinski definition) is 3. The lowest BCUT2D eigenvalue weighted by atomic mass is 10.2. The lowest BCUT2D eigenvalue weighted by Gasteiger charge is -2.14. The van der Waals surface area contributed by atoms with Crippen LogP contribution in [-0.4, -0.2) is 37.7 Å². The van der Waals surface area contributed by atoms with Crippen LogP contribution in [0.4, 0.5) is 4.39 Å². The van der Waals surface area contributed by atoms with Crippen molar-refractivity contribution in [3.63, 3.8) is 0 Å². The van der Waals surface area contributed by atoms with Crippen LogP contribution in [0, 0.1) is 5.82 Å². The van der Waals surface area contributed by atoms with Gasteiger partial charge in [-0.2, -0.15) is 0 Å². The second-order valence-corrected chi connectivity index (χ2v) is 5.69. The normalized spacial score (nSPS) is 15.5. The highest BCUT2D eigenvalue weighted by atomic mass is 19.1. The highest BCUT2D eigenvalue weighted by molar-refractivity contribution is 5.29. The zero-order valence-electron chi connectivity index (χ0n) is 13.0. The Hall–Kier alpha value is -1.13. The summed E-state index contributed by atoms with van der Waals surface area (Å²) in [5.41, 5.74) is 0.963. The SMILES string of the molecule is CCCNCc1ccc(OCCCN2CCCC2)c(F)c1. The largest absolute Gasteiger partial charge is 0.490 e. The molecule has 1 heterocycles. The lowest BCUT2D eigenvalue weighted by molar-refractivity contribution is 0.255. The number of nitrogens with zero attached hydrogens (tertiary/aromatic N) is 1. The maximum Gasteiger partial charge on any atom is 0.165 e. The Labute approximate surface area is 127 Å². The van der Waals surface area contributed by atoms with Gasteiger partial charge in [0.05, 0.1) is 6.61 Å². The first-order valence-corrected chi connectivity index (χ1v) is 8.14. The Kier molecular flexibility index (Phi) is 6.96. The van der Waals surface area contributed by atoms with Gasteiger partial charge >= 0.3 is 0 Å². The van der Waals surface area contributed by atoms with E-state index in [9.17, 15) is 4.39 Å². The fourth-order valence-corrected chi connectivity index (χ4v) is 2.66. The second kappa shape index (κ2) is 9.00. The second-order valence-electron chi connectivity index (χ2n) is 5.69. The zero-order valence-corrected chi connectivity index (χ0v) is 13.0. The molecule has 118 valence electrons. The van der Waals surface area contributed by atoms with Gasteiger partial charge in [-0.1, -0.05) is 13.0 Å². The molecule has 21 heavy (non-hydrogen) atoms. The fraction of sp³-hybridized carbons (Fsp3) is 0.647. The predicted molar refractivity (Wildman–Crippen MR) is 84.2 cm³/mol. The summed E-state index contributed by atoms with van der Waals surface area (Å²) in [6.45, 7) is 7.83. The van der Waals surface area contributed by atoms with Crippen molar-refractivity contribution < 1.29 is 9.13 Å². The van der Waals surface area contributed by atoms with E-state index < -0.39 is 0 Å². The van der Waals surface area contributed by atoms with E-state index in [0.717, 1.165) is 31.5 Å². The Bertz CT molecular complexity index is 419. The van der Waals surface area contributed by atoms with Gasteiger partial charge in [0.1, 0.15) is 0 Å². The topological polar surface area (TPSA) is 24.5 Å². The molecule has 0 saturated carbocycles. The van der Waals surface area contributed by atoms with Crippen molar-refractivity contribution in [3.05, 3.63) is 29.6 Å². The van der Waals surface area contributed by atoms with Crippen LogP contribution < -0.4 is 10.1 Å². The highest BCUT2D eigenvalue weighted by Crippen LogP contribution is 2.18. The van der Waals surface area contributed by atoms with Crippen LogP contribution in [0.1, 0.15) is 38.2 Å². The number of rotatable bonds is 9. The van der Waals surface area contributed by atoms with E-state index in [1.165, 1.54) is 25.9 Å². The number of nitrogens with one attached hydrogen (secondary N) is 1. The molecule has 0 aromatic heterocycles. The Morgan fingerprint density at radius 3 is 2.81 bits per heavy atom. The summed E-state index contributed by atoms with van der Waals surface area (Å²) >= 11 is 0. The molecule has 0 radical (unpaired) electrons. The van der Waals surface area contributed by atoms with Crippen molar-refractivity contribution in [1.29, 1.82) is 0 Å². The first-order chi connectivity index (χ1) is 10.3. The summed E-state index contributed by atoms with van der Waals surface area (Å²) < 4.78 is 19.5. The third-order valence-corrected chi connectivity index (χ3v) is 3.83. The van der Waals surface area contributed by atoms with E-state index in [1.54, 1.807) is 12.1 Å². The molecule has 1 saturated heterocycles. The van der Waals surface area contributed by atoms with Crippen molar-refractivity contribution in [3.8, 4) is 5.75 Å². The maximum atomic E-state index is 13.9. The molecule has 2 rings (SSSR count). The number of hydrogen-bond donors (Lipinski definition) is 1. The summed E-state index contributed by atoms with van der Waals surface area (Å²) in [5, 5.41) is 3.27. The monoisotopic (exact) mass is 294 g/mol. The molecule has 0 atom stereocenters. The zero-order chi connectivity index (χ0) is 14.9. The van der Waals surface area contributed by atoms with Gasteiger partial charge in [-0.15, -0.1) is 0 Å². The van der Waals surface area contributed by atoms with E-state index in [-0.39, 0.29) is 5.82 Å². The van der Waals surface area contributed by atoms with Crippen LogP contribution >= 0.6 is 0 Å². The van der Waals surface area contributed by atoms with Gasteiger partial charge in [0.25, 0.3) is 0 Å². The summed E-state index contributed by atoms with van der Waals surface area (Å²) in [6, 6.07) is 5.24. The summed E-state index contributed by atoms with van der Waals surface area (Å²) in [4.78, 5) is 2.45. The van der Waals surface area contributed by atoms with Crippen LogP contribution in [0.5, 0.6) is 5.75 Å². The predicted octanol–water partition coefficient (Wildman–Crippen LogP) is 3.19. The smallest absolute Gasteiger partial charge is 0.165 e. The van der Waals surface area contributed by atoms with Crippen LogP contribution in [0.2, 0.25) is 0 Å². The van der Waals surface area contributed by atoms with Gasteiger partial charge in [-0.3, -0.25) is 0 Å². The number of likely N-dealkylation sites (tertiary alicyclic amines) is 1. The first-order valence-electron chi connectivity index (χ1n) is 8.14. The molecule has 0 aliphatic carbocycles. The van der Waals surface area contributed by atoms with Gasteiger partial charge < -0.3 is 15.0 Å². The molecular formula is C17H27FN2O. The molecule has 1 fully saturated rings. The molecule has 1 aromatic carbocycles. The third kappa shape index (κ3) is 5.64. The number of halogens is 1.